The molecule has 1 aliphatic heterocycles. The second kappa shape index (κ2) is 12.7. The van der Waals surface area contributed by atoms with Crippen LogP contribution in [0.15, 0.2) is 24.3 Å². The highest BCUT2D eigenvalue weighted by Gasteiger charge is 2.32. The molecular weight excluding hydrogens is 552 g/mol. The molecule has 0 bridgehead atoms. The van der Waals surface area contributed by atoms with E-state index in [0.717, 1.165) is 18.6 Å². The van der Waals surface area contributed by atoms with E-state index < -0.39 is 16.7 Å². The summed E-state index contributed by atoms with van der Waals surface area (Å²) in [6.45, 7) is 13.5. The Morgan fingerprint density at radius 2 is 1.83 bits per heavy atom. The Kier molecular flexibility index (Phi) is 9.51. The van der Waals surface area contributed by atoms with Crippen LogP contribution < -0.4 is 4.90 Å². The van der Waals surface area contributed by atoms with E-state index in [1.165, 1.54) is 0 Å². The van der Waals surface area contributed by atoms with Crippen LogP contribution in [-0.4, -0.2) is 63.2 Å². The van der Waals surface area contributed by atoms with Gasteiger partial charge in [0.1, 0.15) is 22.5 Å². The molecule has 41 heavy (non-hydrogen) atoms. The smallest absolute Gasteiger partial charge is 0.306 e. The highest BCUT2D eigenvalue weighted by molar-refractivity contribution is 6.31. The summed E-state index contributed by atoms with van der Waals surface area (Å²) in [6, 6.07) is 5.73. The molecule has 2 unspecified atom stereocenters. The lowest BCUT2D eigenvalue weighted by Crippen LogP contribution is -2.43. The molecule has 1 fully saturated rings. The molecule has 1 aromatic carbocycles. The number of ether oxygens (including phenoxy) is 1. The van der Waals surface area contributed by atoms with Crippen LogP contribution in [0.2, 0.25) is 5.02 Å². The predicted octanol–water partition coefficient (Wildman–Crippen LogP) is 6.39. The van der Waals surface area contributed by atoms with Gasteiger partial charge in [0.05, 0.1) is 11.8 Å². The summed E-state index contributed by atoms with van der Waals surface area (Å²) in [6.07, 6.45) is 1.72. The van der Waals surface area contributed by atoms with Crippen molar-refractivity contribution in [3.05, 3.63) is 46.6 Å². The molecule has 3 heterocycles. The Balaban J connectivity index is 1.67. The number of hydrogen-bond donors (Lipinski definition) is 0. The molecular formula is C30H38ClF2N5O3. The van der Waals surface area contributed by atoms with Crippen LogP contribution in [-0.2, 0) is 9.53 Å². The van der Waals surface area contributed by atoms with Crippen molar-refractivity contribution in [1.29, 1.82) is 0 Å². The first-order valence-electron chi connectivity index (χ1n) is 14.2. The molecule has 0 radical (unpaired) electrons. The third kappa shape index (κ3) is 6.80. The van der Waals surface area contributed by atoms with Crippen molar-refractivity contribution in [3.63, 3.8) is 0 Å². The molecule has 0 aliphatic carbocycles. The van der Waals surface area contributed by atoms with Crippen LogP contribution >= 0.6 is 11.6 Å². The molecule has 0 saturated carbocycles. The number of esters is 1. The van der Waals surface area contributed by atoms with E-state index in [4.69, 9.17) is 16.3 Å². The monoisotopic (exact) mass is 589 g/mol. The zero-order valence-corrected chi connectivity index (χ0v) is 25.2. The van der Waals surface area contributed by atoms with Crippen molar-refractivity contribution in [2.45, 2.75) is 73.0 Å². The van der Waals surface area contributed by atoms with Gasteiger partial charge in [-0.05, 0) is 64.5 Å². The molecule has 1 amide bonds. The minimum absolute atomic E-state index is 0.0812. The van der Waals surface area contributed by atoms with E-state index >= 15 is 0 Å². The predicted molar refractivity (Wildman–Crippen MR) is 155 cm³/mol. The Bertz CT molecular complexity index is 1400. The summed E-state index contributed by atoms with van der Waals surface area (Å²) in [5, 5.41) is 4.09. The summed E-state index contributed by atoms with van der Waals surface area (Å²) in [5.74, 6) is -1.29. The van der Waals surface area contributed by atoms with Gasteiger partial charge in [-0.1, -0.05) is 25.4 Å². The molecule has 0 N–H and O–H groups in total. The number of nitrogens with zero attached hydrogens (tertiary/aromatic N) is 5. The van der Waals surface area contributed by atoms with Gasteiger partial charge in [0.15, 0.2) is 11.3 Å². The lowest BCUT2D eigenvalue weighted by atomic mass is 9.84. The summed E-state index contributed by atoms with van der Waals surface area (Å²) >= 11 is 5.71. The zero-order valence-electron chi connectivity index (χ0n) is 24.5. The van der Waals surface area contributed by atoms with Crippen molar-refractivity contribution in [2.75, 3.05) is 24.5 Å². The number of benzene rings is 1. The van der Waals surface area contributed by atoms with E-state index in [0.29, 0.717) is 49.6 Å². The van der Waals surface area contributed by atoms with E-state index in [2.05, 4.69) is 21.9 Å². The van der Waals surface area contributed by atoms with Crippen LogP contribution in [0.1, 0.15) is 71.3 Å². The highest BCUT2D eigenvalue weighted by Crippen LogP contribution is 2.31. The number of rotatable bonds is 9. The summed E-state index contributed by atoms with van der Waals surface area (Å²) in [7, 11) is 0. The van der Waals surface area contributed by atoms with Crippen LogP contribution in [0.4, 0.5) is 14.6 Å². The van der Waals surface area contributed by atoms with Crippen molar-refractivity contribution < 1.29 is 23.1 Å². The van der Waals surface area contributed by atoms with Gasteiger partial charge in [-0.2, -0.15) is 9.61 Å². The van der Waals surface area contributed by atoms with Crippen LogP contribution in [0.3, 0.4) is 0 Å². The minimum Gasteiger partial charge on any atom is -0.463 e. The molecule has 2 aromatic heterocycles. The van der Waals surface area contributed by atoms with Gasteiger partial charge < -0.3 is 14.5 Å². The first-order valence-corrected chi connectivity index (χ1v) is 14.6. The van der Waals surface area contributed by atoms with Crippen molar-refractivity contribution >= 4 is 34.9 Å². The van der Waals surface area contributed by atoms with Gasteiger partial charge >= 0.3 is 5.97 Å². The maximum atomic E-state index is 14.3. The first kappa shape index (κ1) is 30.7. The molecule has 2 atom stereocenters. The SMILES string of the molecule is CCCN(c1cc(-c2cc(F)c(Cl)c(F)c2)nc2cc(C(=O)N3CCC(CC(=O)OC(C)C)C(C)C3)nn12)C(C)C. The molecule has 4 rings (SSSR count). The van der Waals surface area contributed by atoms with Gasteiger partial charge in [0, 0.05) is 49.8 Å². The van der Waals surface area contributed by atoms with Crippen LogP contribution in [0.5, 0.6) is 0 Å². The van der Waals surface area contributed by atoms with E-state index in [9.17, 15) is 18.4 Å². The zero-order chi connectivity index (χ0) is 30.0. The number of amides is 1. The van der Waals surface area contributed by atoms with Gasteiger partial charge in [-0.3, -0.25) is 9.59 Å². The summed E-state index contributed by atoms with van der Waals surface area (Å²) < 4.78 is 35.6. The van der Waals surface area contributed by atoms with Gasteiger partial charge in [0.2, 0.25) is 0 Å². The lowest BCUT2D eigenvalue weighted by Gasteiger charge is -2.36. The van der Waals surface area contributed by atoms with Crippen LogP contribution in [0, 0.1) is 23.5 Å². The Labute approximate surface area is 244 Å². The second-order valence-corrected chi connectivity index (χ2v) is 11.7. The molecule has 11 heteroatoms. The topological polar surface area (TPSA) is 80.0 Å². The number of halogens is 3. The largest absolute Gasteiger partial charge is 0.463 e. The Morgan fingerprint density at radius 3 is 2.41 bits per heavy atom. The van der Waals surface area contributed by atoms with Gasteiger partial charge in [0.25, 0.3) is 5.91 Å². The molecule has 3 aromatic rings. The average Bonchev–Trinajstić information content (AvgIpc) is 3.34. The fourth-order valence-electron chi connectivity index (χ4n) is 5.37. The normalized spacial score (nSPS) is 17.5. The number of fused-ring (bicyclic) bond motifs is 1. The fraction of sp³-hybridized carbons (Fsp3) is 0.533. The standard InChI is InChI=1S/C30H38ClF2N5O3/c1-7-9-37(17(2)3)27-15-24(21-11-22(32)29(31)23(33)12-21)34-26-14-25(35-38(26)27)30(40)36-10-8-20(19(6)16-36)13-28(39)41-18(4)5/h11-12,14-15,17-20H,7-10,13,16H2,1-6H3. The van der Waals surface area contributed by atoms with Gasteiger partial charge in [-0.15, -0.1) is 0 Å². The molecule has 1 aliphatic rings. The van der Waals surface area contributed by atoms with E-state index in [1.54, 1.807) is 21.5 Å². The van der Waals surface area contributed by atoms with Gasteiger partial charge in [-0.25, -0.2) is 13.8 Å². The number of likely N-dealkylation sites (tertiary alicyclic amines) is 1. The number of aromatic nitrogens is 3. The van der Waals surface area contributed by atoms with E-state index in [1.807, 2.05) is 34.6 Å². The minimum atomic E-state index is -0.876. The van der Waals surface area contributed by atoms with Crippen molar-refractivity contribution in [1.82, 2.24) is 19.5 Å². The second-order valence-electron chi connectivity index (χ2n) is 11.4. The molecule has 0 spiro atoms. The molecule has 222 valence electrons. The van der Waals surface area contributed by atoms with E-state index in [-0.39, 0.29) is 47.1 Å². The maximum absolute atomic E-state index is 14.3. The average molecular weight is 590 g/mol. The third-order valence-corrected chi connectivity index (χ3v) is 7.82. The maximum Gasteiger partial charge on any atom is 0.306 e. The number of carbonyl (C=O) groups excluding carboxylic acids is 2. The van der Waals surface area contributed by atoms with Crippen molar-refractivity contribution in [3.8, 4) is 11.3 Å². The summed E-state index contributed by atoms with van der Waals surface area (Å²) in [4.78, 5) is 34.3. The Hall–Kier alpha value is -3.27. The number of hydrogen-bond acceptors (Lipinski definition) is 6. The molecule has 8 nitrogen and oxygen atoms in total. The first-order chi connectivity index (χ1) is 19.4. The lowest BCUT2D eigenvalue weighted by molar-refractivity contribution is -0.149. The molecule has 1 saturated heterocycles. The number of carbonyl (C=O) groups is 2. The Morgan fingerprint density at radius 1 is 1.15 bits per heavy atom. The van der Waals surface area contributed by atoms with Crippen LogP contribution in [0.25, 0.3) is 16.9 Å². The van der Waals surface area contributed by atoms with Crippen molar-refractivity contribution in [2.24, 2.45) is 11.8 Å². The fourth-order valence-corrected chi connectivity index (χ4v) is 5.48. The third-order valence-electron chi connectivity index (χ3n) is 7.46. The summed E-state index contributed by atoms with van der Waals surface area (Å²) in [5.41, 5.74) is 1.19. The number of piperidine rings is 1. The highest BCUT2D eigenvalue weighted by atomic mass is 35.5. The number of anilines is 1. The quantitative estimate of drug-likeness (QED) is 0.212.